The number of carbonyl (C=O) groups is 2. The fourth-order valence-electron chi connectivity index (χ4n) is 3.31. The van der Waals surface area contributed by atoms with Crippen molar-refractivity contribution in [3.63, 3.8) is 0 Å². The van der Waals surface area contributed by atoms with E-state index < -0.39 is 0 Å². The van der Waals surface area contributed by atoms with Gasteiger partial charge in [0.2, 0.25) is 11.0 Å². The molecule has 0 fully saturated rings. The van der Waals surface area contributed by atoms with Gasteiger partial charge in [-0.05, 0) is 48.9 Å². The molecule has 0 aliphatic carbocycles. The standard InChI is InChI=1S/C24H25N7O2S3/c1-4-34-24-30-28-22(36-24)26-20(32)14-35-23-29-27-19(13-25-21(33)17-10-6-5-7-11-17)31(23)18-12-8-9-15(2)16(18)3/h5-12H,4,13-14H2,1-3H3,(H,25,33)(H,26,28,32). The van der Waals surface area contributed by atoms with Crippen LogP contribution >= 0.6 is 34.9 Å². The molecule has 2 N–H and O–H groups in total. The van der Waals surface area contributed by atoms with E-state index in [0.717, 1.165) is 26.9 Å². The number of rotatable bonds is 10. The van der Waals surface area contributed by atoms with Gasteiger partial charge in [0, 0.05) is 5.56 Å². The molecular weight excluding hydrogens is 515 g/mol. The third-order valence-electron chi connectivity index (χ3n) is 5.21. The number of aryl methyl sites for hydroxylation is 1. The summed E-state index contributed by atoms with van der Waals surface area (Å²) in [6.07, 6.45) is 0. The van der Waals surface area contributed by atoms with E-state index >= 15 is 0 Å². The van der Waals surface area contributed by atoms with Crippen LogP contribution in [-0.4, -0.2) is 48.3 Å². The van der Waals surface area contributed by atoms with Gasteiger partial charge >= 0.3 is 0 Å². The zero-order valence-corrected chi connectivity index (χ0v) is 22.5. The van der Waals surface area contributed by atoms with Crippen LogP contribution in [0.1, 0.15) is 34.2 Å². The Kier molecular flexibility index (Phi) is 8.73. The van der Waals surface area contributed by atoms with E-state index in [-0.39, 0.29) is 24.1 Å². The second kappa shape index (κ2) is 12.2. The van der Waals surface area contributed by atoms with Crippen LogP contribution in [0.5, 0.6) is 0 Å². The first-order valence-electron chi connectivity index (χ1n) is 11.2. The molecule has 0 saturated carbocycles. The van der Waals surface area contributed by atoms with Gasteiger partial charge in [-0.1, -0.05) is 72.1 Å². The van der Waals surface area contributed by atoms with Crippen molar-refractivity contribution in [2.24, 2.45) is 0 Å². The second-order valence-corrected chi connectivity index (χ2v) is 11.1. The van der Waals surface area contributed by atoms with Gasteiger partial charge in [0.15, 0.2) is 15.3 Å². The maximum absolute atomic E-state index is 12.6. The summed E-state index contributed by atoms with van der Waals surface area (Å²) in [6, 6.07) is 15.0. The molecule has 12 heteroatoms. The van der Waals surface area contributed by atoms with Crippen molar-refractivity contribution < 1.29 is 9.59 Å². The molecule has 0 saturated heterocycles. The average molecular weight is 540 g/mol. The number of amides is 2. The molecule has 9 nitrogen and oxygen atoms in total. The third-order valence-corrected chi connectivity index (χ3v) is 8.00. The van der Waals surface area contributed by atoms with E-state index in [1.165, 1.54) is 23.1 Å². The van der Waals surface area contributed by atoms with Gasteiger partial charge in [-0.25, -0.2) is 0 Å². The molecule has 0 spiro atoms. The van der Waals surface area contributed by atoms with Crippen LogP contribution in [0, 0.1) is 13.8 Å². The summed E-state index contributed by atoms with van der Waals surface area (Å²) in [4.78, 5) is 25.2. The largest absolute Gasteiger partial charge is 0.345 e. The van der Waals surface area contributed by atoms with Gasteiger partial charge in [-0.3, -0.25) is 19.5 Å². The molecule has 0 aliphatic heterocycles. The van der Waals surface area contributed by atoms with Gasteiger partial charge < -0.3 is 5.32 Å². The summed E-state index contributed by atoms with van der Waals surface area (Å²) in [5.74, 6) is 1.17. The average Bonchev–Trinajstić information content (AvgIpc) is 3.50. The molecule has 2 aromatic heterocycles. The molecule has 0 unspecified atom stereocenters. The summed E-state index contributed by atoms with van der Waals surface area (Å²) in [7, 11) is 0. The predicted molar refractivity (Wildman–Crippen MR) is 144 cm³/mol. The smallest absolute Gasteiger partial charge is 0.251 e. The molecule has 0 radical (unpaired) electrons. The number of hydrogen-bond donors (Lipinski definition) is 2. The van der Waals surface area contributed by atoms with Crippen molar-refractivity contribution in [3.8, 4) is 5.69 Å². The fraction of sp³-hybridized carbons (Fsp3) is 0.250. The Balaban J connectivity index is 1.51. The van der Waals surface area contributed by atoms with Crippen LogP contribution in [0.25, 0.3) is 5.69 Å². The Labute approximate surface area is 221 Å². The van der Waals surface area contributed by atoms with Crippen LogP contribution in [0.3, 0.4) is 0 Å². The molecule has 186 valence electrons. The number of nitrogens with one attached hydrogen (secondary N) is 2. The van der Waals surface area contributed by atoms with E-state index in [1.54, 1.807) is 23.9 Å². The summed E-state index contributed by atoms with van der Waals surface area (Å²) >= 11 is 4.20. The van der Waals surface area contributed by atoms with E-state index in [4.69, 9.17) is 0 Å². The molecule has 0 atom stereocenters. The maximum Gasteiger partial charge on any atom is 0.251 e. The zero-order valence-electron chi connectivity index (χ0n) is 20.0. The van der Waals surface area contributed by atoms with Crippen LogP contribution in [0.2, 0.25) is 0 Å². The van der Waals surface area contributed by atoms with Gasteiger partial charge in [-0.15, -0.1) is 20.4 Å². The van der Waals surface area contributed by atoms with Gasteiger partial charge in [0.1, 0.15) is 0 Å². The van der Waals surface area contributed by atoms with Crippen molar-refractivity contribution in [1.29, 1.82) is 0 Å². The number of thioether (sulfide) groups is 2. The molecule has 0 bridgehead atoms. The van der Waals surface area contributed by atoms with Crippen molar-refractivity contribution in [1.82, 2.24) is 30.3 Å². The van der Waals surface area contributed by atoms with Crippen LogP contribution in [-0.2, 0) is 11.3 Å². The molecule has 4 aromatic rings. The van der Waals surface area contributed by atoms with Gasteiger partial charge in [0.25, 0.3) is 5.91 Å². The number of anilines is 1. The topological polar surface area (TPSA) is 115 Å². The molecule has 0 aliphatic rings. The van der Waals surface area contributed by atoms with Crippen molar-refractivity contribution in [2.75, 3.05) is 16.8 Å². The molecule has 4 rings (SSSR count). The van der Waals surface area contributed by atoms with Crippen molar-refractivity contribution in [2.45, 2.75) is 36.8 Å². The monoisotopic (exact) mass is 539 g/mol. The van der Waals surface area contributed by atoms with E-state index in [2.05, 4.69) is 31.0 Å². The lowest BCUT2D eigenvalue weighted by Crippen LogP contribution is -2.24. The minimum absolute atomic E-state index is 0.120. The first-order valence-corrected chi connectivity index (χ1v) is 14.0. The first kappa shape index (κ1) is 25.9. The van der Waals surface area contributed by atoms with Crippen LogP contribution < -0.4 is 10.6 Å². The molecule has 2 heterocycles. The number of aromatic nitrogens is 5. The minimum Gasteiger partial charge on any atom is -0.345 e. The molecule has 36 heavy (non-hydrogen) atoms. The third kappa shape index (κ3) is 6.31. The Hall–Kier alpha value is -3.22. The number of hydrogen-bond acceptors (Lipinski definition) is 9. The van der Waals surface area contributed by atoms with Gasteiger partial charge in [0.05, 0.1) is 18.0 Å². The van der Waals surface area contributed by atoms with Crippen molar-refractivity contribution >= 4 is 51.8 Å². The van der Waals surface area contributed by atoms with Crippen molar-refractivity contribution in [3.05, 3.63) is 71.0 Å². The summed E-state index contributed by atoms with van der Waals surface area (Å²) in [5, 5.41) is 23.5. The normalized spacial score (nSPS) is 10.9. The molecule has 2 amide bonds. The number of nitrogens with zero attached hydrogens (tertiary/aromatic N) is 5. The Morgan fingerprint density at radius 2 is 1.78 bits per heavy atom. The lowest BCUT2D eigenvalue weighted by molar-refractivity contribution is -0.113. The Morgan fingerprint density at radius 1 is 0.972 bits per heavy atom. The summed E-state index contributed by atoms with van der Waals surface area (Å²) in [5.41, 5.74) is 3.65. The van der Waals surface area contributed by atoms with E-state index in [1.807, 2.05) is 61.7 Å². The molecule has 2 aromatic carbocycles. The maximum atomic E-state index is 12.6. The number of carbonyl (C=O) groups excluding carboxylic acids is 2. The predicted octanol–water partition coefficient (Wildman–Crippen LogP) is 4.51. The van der Waals surface area contributed by atoms with Gasteiger partial charge in [-0.2, -0.15) is 0 Å². The lowest BCUT2D eigenvalue weighted by atomic mass is 10.1. The molecular formula is C24H25N7O2S3. The van der Waals surface area contributed by atoms with Crippen LogP contribution in [0.4, 0.5) is 5.13 Å². The fourth-order valence-corrected chi connectivity index (χ4v) is 5.74. The Bertz CT molecular complexity index is 1360. The SMILES string of the molecule is CCSc1nnc(NC(=O)CSc2nnc(CNC(=O)c3ccccc3)n2-c2cccc(C)c2C)s1. The van der Waals surface area contributed by atoms with E-state index in [9.17, 15) is 9.59 Å². The highest BCUT2D eigenvalue weighted by molar-refractivity contribution is 8.01. The highest BCUT2D eigenvalue weighted by Gasteiger charge is 2.19. The summed E-state index contributed by atoms with van der Waals surface area (Å²) in [6.45, 7) is 6.28. The minimum atomic E-state index is -0.210. The second-order valence-electron chi connectivity index (χ2n) is 7.64. The van der Waals surface area contributed by atoms with E-state index in [0.29, 0.717) is 21.7 Å². The highest BCUT2D eigenvalue weighted by Crippen LogP contribution is 2.27. The Morgan fingerprint density at radius 3 is 2.56 bits per heavy atom. The first-order chi connectivity index (χ1) is 17.5. The van der Waals surface area contributed by atoms with Crippen LogP contribution in [0.15, 0.2) is 58.0 Å². The lowest BCUT2D eigenvalue weighted by Gasteiger charge is -2.14. The highest BCUT2D eigenvalue weighted by atomic mass is 32.2. The zero-order chi connectivity index (χ0) is 25.5. The quantitative estimate of drug-likeness (QED) is 0.224. The summed E-state index contributed by atoms with van der Waals surface area (Å²) < 4.78 is 2.71. The number of benzene rings is 2.